The maximum absolute atomic E-state index is 4.53. The molecule has 0 saturated carbocycles. The van der Waals surface area contributed by atoms with Crippen molar-refractivity contribution in [2.45, 2.75) is 0 Å². The molecule has 2 aromatic heterocycles. The molecule has 4 rings (SSSR count). The molecule has 0 fully saturated rings. The lowest BCUT2D eigenvalue weighted by molar-refractivity contribution is 1.15. The smallest absolute Gasteiger partial charge is 0.198 e. The molecule has 0 saturated heterocycles. The van der Waals surface area contributed by atoms with E-state index in [0.717, 1.165) is 33.8 Å². The maximum atomic E-state index is 4.53. The number of rotatable bonds is 3. The summed E-state index contributed by atoms with van der Waals surface area (Å²) >= 11 is 0. The molecule has 1 radical (unpaired) electrons. The van der Waals surface area contributed by atoms with Crippen LogP contribution in [0.15, 0.2) is 85.1 Å². The zero-order chi connectivity index (χ0) is 16.2. The van der Waals surface area contributed by atoms with Crippen LogP contribution in [0.3, 0.4) is 0 Å². The van der Waals surface area contributed by atoms with Crippen LogP contribution in [0.1, 0.15) is 0 Å². The molecule has 2 heterocycles. The van der Waals surface area contributed by atoms with E-state index >= 15 is 0 Å². The van der Waals surface area contributed by atoms with Crippen molar-refractivity contribution < 1.29 is 0 Å². The highest BCUT2D eigenvalue weighted by atomic mass is 14.9. The molecule has 24 heavy (non-hydrogen) atoms. The molecule has 3 heteroatoms. The van der Waals surface area contributed by atoms with Gasteiger partial charge < -0.3 is 0 Å². The first-order chi connectivity index (χ1) is 11.9. The van der Waals surface area contributed by atoms with Crippen LogP contribution in [-0.4, -0.2) is 15.0 Å². The fourth-order valence-corrected chi connectivity index (χ4v) is 2.71. The standard InChI is InChI=1S/C21H14N3/c1-3-9-16(10-4-1)20-19(18-13-7-8-14-22-18)21(24-15-23-20)17-11-5-2-6-12-17/h1-14H. The molecule has 3 nitrogen and oxygen atoms in total. The number of hydrogen-bond donors (Lipinski definition) is 0. The Balaban J connectivity index is 2.02. The molecule has 0 amide bonds. The number of hydrogen-bond acceptors (Lipinski definition) is 3. The number of aromatic nitrogens is 3. The summed E-state index contributed by atoms with van der Waals surface area (Å²) in [7, 11) is 0. The first kappa shape index (κ1) is 14.3. The summed E-state index contributed by atoms with van der Waals surface area (Å²) in [6, 6.07) is 26.0. The molecule has 2 aromatic carbocycles. The SMILES string of the molecule is [c]1nc(-c2ccccc2)c(-c2ccccn2)c(-c2ccccc2)n1. The van der Waals surface area contributed by atoms with Crippen molar-refractivity contribution in [3.8, 4) is 33.8 Å². The average Bonchev–Trinajstić information content (AvgIpc) is 2.69. The minimum Gasteiger partial charge on any atom is -0.256 e. The predicted molar refractivity (Wildman–Crippen MR) is 95.0 cm³/mol. The molecule has 0 aliphatic heterocycles. The van der Waals surface area contributed by atoms with Gasteiger partial charge in [0.15, 0.2) is 6.33 Å². The maximum Gasteiger partial charge on any atom is 0.198 e. The summed E-state index contributed by atoms with van der Waals surface area (Å²) in [5.74, 6) is 0. The molecule has 0 aliphatic carbocycles. The Labute approximate surface area is 140 Å². The second-order valence-electron chi connectivity index (χ2n) is 5.34. The third kappa shape index (κ3) is 2.68. The van der Waals surface area contributed by atoms with Gasteiger partial charge in [-0.25, -0.2) is 9.97 Å². The van der Waals surface area contributed by atoms with E-state index in [1.165, 1.54) is 0 Å². The van der Waals surface area contributed by atoms with E-state index in [1.54, 1.807) is 6.20 Å². The molecule has 0 aliphatic rings. The Bertz CT molecular complexity index is 879. The van der Waals surface area contributed by atoms with Gasteiger partial charge in [0.1, 0.15) is 0 Å². The van der Waals surface area contributed by atoms with E-state index in [4.69, 9.17) is 0 Å². The van der Waals surface area contributed by atoms with Crippen LogP contribution in [0.25, 0.3) is 33.8 Å². The second-order valence-corrected chi connectivity index (χ2v) is 5.34. The monoisotopic (exact) mass is 308 g/mol. The van der Waals surface area contributed by atoms with E-state index < -0.39 is 0 Å². The Kier molecular flexibility index (Phi) is 3.82. The van der Waals surface area contributed by atoms with Crippen molar-refractivity contribution in [2.75, 3.05) is 0 Å². The molecule has 0 N–H and O–H groups in total. The Hall–Kier alpha value is -3.33. The van der Waals surface area contributed by atoms with Gasteiger partial charge >= 0.3 is 0 Å². The number of benzene rings is 2. The lowest BCUT2D eigenvalue weighted by Gasteiger charge is -2.12. The van der Waals surface area contributed by atoms with Crippen LogP contribution in [-0.2, 0) is 0 Å². The van der Waals surface area contributed by atoms with Crippen LogP contribution >= 0.6 is 0 Å². The lowest BCUT2D eigenvalue weighted by atomic mass is 9.97. The molecule has 0 spiro atoms. The van der Waals surface area contributed by atoms with Gasteiger partial charge in [0.05, 0.1) is 22.6 Å². The Morgan fingerprint density at radius 2 is 1.12 bits per heavy atom. The molecular formula is C21H14N3. The van der Waals surface area contributed by atoms with Crippen LogP contribution in [0.2, 0.25) is 0 Å². The van der Waals surface area contributed by atoms with Crippen molar-refractivity contribution in [3.05, 3.63) is 91.4 Å². The summed E-state index contributed by atoms with van der Waals surface area (Å²) in [6.07, 6.45) is 4.60. The van der Waals surface area contributed by atoms with Gasteiger partial charge in [-0.2, -0.15) is 0 Å². The van der Waals surface area contributed by atoms with Crippen LogP contribution in [0.5, 0.6) is 0 Å². The van der Waals surface area contributed by atoms with Gasteiger partial charge in [-0.15, -0.1) is 0 Å². The van der Waals surface area contributed by atoms with Crippen molar-refractivity contribution in [1.82, 2.24) is 15.0 Å². The summed E-state index contributed by atoms with van der Waals surface area (Å²) in [5, 5.41) is 0. The molecule has 0 atom stereocenters. The molecule has 4 aromatic rings. The first-order valence-electron chi connectivity index (χ1n) is 7.74. The zero-order valence-electron chi connectivity index (χ0n) is 12.9. The quantitative estimate of drug-likeness (QED) is 0.552. The van der Waals surface area contributed by atoms with Gasteiger partial charge in [0.2, 0.25) is 0 Å². The zero-order valence-corrected chi connectivity index (χ0v) is 12.9. The highest BCUT2D eigenvalue weighted by Gasteiger charge is 2.17. The predicted octanol–water partition coefficient (Wildman–Crippen LogP) is 4.67. The minimum absolute atomic E-state index is 0.836. The van der Waals surface area contributed by atoms with Crippen LogP contribution in [0.4, 0.5) is 0 Å². The Morgan fingerprint density at radius 3 is 1.62 bits per heavy atom. The summed E-state index contributed by atoms with van der Waals surface area (Å²) in [4.78, 5) is 13.4. The van der Waals surface area contributed by atoms with E-state index in [2.05, 4.69) is 21.3 Å². The Morgan fingerprint density at radius 1 is 0.583 bits per heavy atom. The second kappa shape index (κ2) is 6.42. The third-order valence-electron chi connectivity index (χ3n) is 3.81. The molecule has 113 valence electrons. The normalized spacial score (nSPS) is 10.5. The summed E-state index contributed by atoms with van der Waals surface area (Å²) in [6.45, 7) is 0. The van der Waals surface area contributed by atoms with Crippen molar-refractivity contribution >= 4 is 0 Å². The van der Waals surface area contributed by atoms with Gasteiger partial charge in [0.25, 0.3) is 0 Å². The van der Waals surface area contributed by atoms with Gasteiger partial charge in [-0.05, 0) is 12.1 Å². The highest BCUT2D eigenvalue weighted by Crippen LogP contribution is 2.35. The number of nitrogens with zero attached hydrogens (tertiary/aromatic N) is 3. The largest absolute Gasteiger partial charge is 0.256 e. The van der Waals surface area contributed by atoms with E-state index in [-0.39, 0.29) is 0 Å². The van der Waals surface area contributed by atoms with Gasteiger partial charge in [-0.1, -0.05) is 66.7 Å². The molecule has 0 bridgehead atoms. The van der Waals surface area contributed by atoms with E-state index in [9.17, 15) is 0 Å². The molecule has 0 unspecified atom stereocenters. The third-order valence-corrected chi connectivity index (χ3v) is 3.81. The summed E-state index contributed by atoms with van der Waals surface area (Å²) in [5.41, 5.74) is 5.49. The topological polar surface area (TPSA) is 38.7 Å². The van der Waals surface area contributed by atoms with Crippen molar-refractivity contribution in [3.63, 3.8) is 0 Å². The van der Waals surface area contributed by atoms with Gasteiger partial charge in [0, 0.05) is 17.3 Å². The van der Waals surface area contributed by atoms with Crippen LogP contribution in [0, 0.1) is 6.33 Å². The fraction of sp³-hybridized carbons (Fsp3) is 0. The first-order valence-corrected chi connectivity index (χ1v) is 7.74. The molecular weight excluding hydrogens is 294 g/mol. The summed E-state index contributed by atoms with van der Waals surface area (Å²) < 4.78 is 0. The van der Waals surface area contributed by atoms with Crippen molar-refractivity contribution in [2.24, 2.45) is 0 Å². The minimum atomic E-state index is 0.836. The highest BCUT2D eigenvalue weighted by molar-refractivity contribution is 5.89. The van der Waals surface area contributed by atoms with E-state index in [1.807, 2.05) is 78.9 Å². The fourth-order valence-electron chi connectivity index (χ4n) is 2.71. The van der Waals surface area contributed by atoms with Crippen molar-refractivity contribution in [1.29, 1.82) is 0 Å². The number of pyridine rings is 1. The lowest BCUT2D eigenvalue weighted by Crippen LogP contribution is -1.98. The van der Waals surface area contributed by atoms with Crippen LogP contribution < -0.4 is 0 Å². The van der Waals surface area contributed by atoms with Gasteiger partial charge in [-0.3, -0.25) is 4.98 Å². The average molecular weight is 308 g/mol. The van der Waals surface area contributed by atoms with E-state index in [0.29, 0.717) is 0 Å².